The van der Waals surface area contributed by atoms with Crippen molar-refractivity contribution in [3.8, 4) is 5.75 Å². The normalized spacial score (nSPS) is 14.3. The minimum atomic E-state index is -1.26. The van der Waals surface area contributed by atoms with Crippen LogP contribution in [-0.4, -0.2) is 57.8 Å². The van der Waals surface area contributed by atoms with Crippen LogP contribution in [0.1, 0.15) is 35.2 Å². The minimum Gasteiger partial charge on any atom is -0.494 e. The highest BCUT2D eigenvalue weighted by molar-refractivity contribution is 5.89. The number of nitrogens with zero attached hydrogens (tertiary/aromatic N) is 1. The Labute approximate surface area is 192 Å². The van der Waals surface area contributed by atoms with Crippen LogP contribution < -0.4 is 4.74 Å². The number of carboxylic acid groups (broad SMARTS) is 3. The van der Waals surface area contributed by atoms with Gasteiger partial charge in [0, 0.05) is 18.7 Å². The molecule has 8 nitrogen and oxygen atoms in total. The molecule has 33 heavy (non-hydrogen) atoms. The summed E-state index contributed by atoms with van der Waals surface area (Å²) in [4.78, 5) is 32.5. The number of hydrogen-bond acceptors (Lipinski definition) is 5. The third-order valence-electron chi connectivity index (χ3n) is 5.22. The molecule has 0 radical (unpaired) electrons. The average Bonchev–Trinajstić information content (AvgIpc) is 2.80. The zero-order chi connectivity index (χ0) is 24.1. The molecule has 1 heterocycles. The highest BCUT2D eigenvalue weighted by atomic mass is 16.5. The van der Waals surface area contributed by atoms with Gasteiger partial charge in [-0.1, -0.05) is 30.3 Å². The van der Waals surface area contributed by atoms with Gasteiger partial charge in [-0.05, 0) is 68.1 Å². The van der Waals surface area contributed by atoms with Gasteiger partial charge in [-0.2, -0.15) is 0 Å². The summed E-state index contributed by atoms with van der Waals surface area (Å²) in [6.07, 6.45) is 4.60. The second kappa shape index (κ2) is 13.7. The minimum absolute atomic E-state index is 0.290. The zero-order valence-corrected chi connectivity index (χ0v) is 18.3. The quantitative estimate of drug-likeness (QED) is 0.488. The first-order valence-electron chi connectivity index (χ1n) is 10.7. The molecular weight excluding hydrogens is 426 g/mol. The topological polar surface area (TPSA) is 124 Å². The van der Waals surface area contributed by atoms with Gasteiger partial charge in [0.2, 0.25) is 0 Å². The molecule has 2 aromatic carbocycles. The molecule has 0 amide bonds. The van der Waals surface area contributed by atoms with E-state index in [1.807, 2.05) is 0 Å². The predicted octanol–water partition coefficient (Wildman–Crippen LogP) is 3.78. The molecular formula is C25H29NO7. The monoisotopic (exact) mass is 455 g/mol. The fourth-order valence-corrected chi connectivity index (χ4v) is 3.45. The third-order valence-corrected chi connectivity index (χ3v) is 5.22. The van der Waals surface area contributed by atoms with Crippen molar-refractivity contribution in [3.63, 3.8) is 0 Å². The molecule has 2 aromatic rings. The maximum absolute atomic E-state index is 10.8. The Morgan fingerprint density at radius 2 is 1.45 bits per heavy atom. The van der Waals surface area contributed by atoms with Crippen molar-refractivity contribution in [2.24, 2.45) is 5.92 Å². The lowest BCUT2D eigenvalue weighted by atomic mass is 9.93. The summed E-state index contributed by atoms with van der Waals surface area (Å²) in [5, 5.41) is 24.5. The molecule has 0 aromatic heterocycles. The molecule has 0 unspecified atom stereocenters. The Bertz CT molecular complexity index is 902. The van der Waals surface area contributed by atoms with Crippen LogP contribution in [0, 0.1) is 5.92 Å². The molecule has 0 saturated carbocycles. The Morgan fingerprint density at radius 1 is 0.879 bits per heavy atom. The van der Waals surface area contributed by atoms with E-state index in [0.717, 1.165) is 31.8 Å². The molecule has 0 aliphatic carbocycles. The molecule has 1 saturated heterocycles. The van der Waals surface area contributed by atoms with E-state index >= 15 is 0 Å². The first-order chi connectivity index (χ1) is 15.8. The molecule has 176 valence electrons. The first-order valence-corrected chi connectivity index (χ1v) is 10.7. The molecule has 0 bridgehead atoms. The fourth-order valence-electron chi connectivity index (χ4n) is 3.45. The second-order valence-electron chi connectivity index (χ2n) is 7.68. The van der Waals surface area contributed by atoms with Gasteiger partial charge in [-0.3, -0.25) is 4.90 Å². The number of carboxylic acids is 3. The number of benzene rings is 2. The van der Waals surface area contributed by atoms with Gasteiger partial charge in [-0.15, -0.1) is 0 Å². The average molecular weight is 456 g/mol. The SMILES string of the molecule is O=C(O)C=CC(=O)O.O=C(O)c1ccc(OCCC2CCN(Cc3ccccc3)CC2)cc1. The summed E-state index contributed by atoms with van der Waals surface area (Å²) >= 11 is 0. The molecule has 3 rings (SSSR count). The van der Waals surface area contributed by atoms with E-state index in [4.69, 9.17) is 20.1 Å². The molecule has 1 aliphatic rings. The fraction of sp³-hybridized carbons (Fsp3) is 0.320. The number of rotatable bonds is 9. The van der Waals surface area contributed by atoms with E-state index < -0.39 is 17.9 Å². The Balaban J connectivity index is 0.000000414. The van der Waals surface area contributed by atoms with Crippen molar-refractivity contribution in [2.45, 2.75) is 25.8 Å². The lowest BCUT2D eigenvalue weighted by molar-refractivity contribution is -0.134. The summed E-state index contributed by atoms with van der Waals surface area (Å²) in [5.41, 5.74) is 1.67. The van der Waals surface area contributed by atoms with Gasteiger partial charge in [0.25, 0.3) is 0 Å². The summed E-state index contributed by atoms with van der Waals surface area (Å²) in [7, 11) is 0. The number of aromatic carboxylic acids is 1. The van der Waals surface area contributed by atoms with Crippen LogP contribution in [-0.2, 0) is 16.1 Å². The second-order valence-corrected chi connectivity index (χ2v) is 7.68. The maximum atomic E-state index is 10.8. The molecule has 1 fully saturated rings. The third kappa shape index (κ3) is 10.5. The number of likely N-dealkylation sites (tertiary alicyclic amines) is 1. The highest BCUT2D eigenvalue weighted by Gasteiger charge is 2.19. The summed E-state index contributed by atoms with van der Waals surface area (Å²) in [5.74, 6) is -1.97. The van der Waals surface area contributed by atoms with E-state index in [2.05, 4.69) is 35.2 Å². The number of ether oxygens (including phenoxy) is 1. The van der Waals surface area contributed by atoms with Crippen molar-refractivity contribution < 1.29 is 34.4 Å². The van der Waals surface area contributed by atoms with Crippen LogP contribution >= 0.6 is 0 Å². The zero-order valence-electron chi connectivity index (χ0n) is 18.3. The van der Waals surface area contributed by atoms with Gasteiger partial charge in [-0.25, -0.2) is 14.4 Å². The molecule has 0 spiro atoms. The highest BCUT2D eigenvalue weighted by Crippen LogP contribution is 2.22. The molecule has 8 heteroatoms. The maximum Gasteiger partial charge on any atom is 0.335 e. The largest absolute Gasteiger partial charge is 0.494 e. The first kappa shape index (κ1) is 25.6. The number of piperidine rings is 1. The smallest absolute Gasteiger partial charge is 0.335 e. The number of carbonyl (C=O) groups is 3. The Hall–Kier alpha value is -3.65. The van der Waals surface area contributed by atoms with Gasteiger partial charge >= 0.3 is 17.9 Å². The van der Waals surface area contributed by atoms with Crippen LogP contribution in [0.5, 0.6) is 5.75 Å². The molecule has 1 aliphatic heterocycles. The van der Waals surface area contributed by atoms with Crippen molar-refractivity contribution in [1.29, 1.82) is 0 Å². The van der Waals surface area contributed by atoms with E-state index in [1.165, 1.54) is 18.4 Å². The lowest BCUT2D eigenvalue weighted by Crippen LogP contribution is -2.33. The Morgan fingerprint density at radius 3 is 1.97 bits per heavy atom. The summed E-state index contributed by atoms with van der Waals surface area (Å²) < 4.78 is 5.76. The molecule has 0 atom stereocenters. The number of aliphatic carboxylic acids is 2. The van der Waals surface area contributed by atoms with Crippen LogP contribution in [0.2, 0.25) is 0 Å². The summed E-state index contributed by atoms with van der Waals surface area (Å²) in [6.45, 7) is 4.02. The van der Waals surface area contributed by atoms with Crippen molar-refractivity contribution in [3.05, 3.63) is 77.9 Å². The van der Waals surface area contributed by atoms with E-state index in [-0.39, 0.29) is 5.56 Å². The Kier molecular flexibility index (Phi) is 10.6. The standard InChI is InChI=1S/C21H25NO3.C4H4O4/c23-21(24)19-6-8-20(9-7-19)25-15-12-17-10-13-22(14-11-17)16-18-4-2-1-3-5-18;5-3(6)1-2-4(7)8/h1-9,17H,10-16H2,(H,23,24);1-2H,(H,5,6)(H,7,8). The van der Waals surface area contributed by atoms with Crippen molar-refractivity contribution in [1.82, 2.24) is 4.90 Å². The van der Waals surface area contributed by atoms with Gasteiger partial charge in [0.05, 0.1) is 12.2 Å². The van der Waals surface area contributed by atoms with Gasteiger partial charge < -0.3 is 20.1 Å². The lowest BCUT2D eigenvalue weighted by Gasteiger charge is -2.32. The van der Waals surface area contributed by atoms with Crippen LogP contribution in [0.3, 0.4) is 0 Å². The van der Waals surface area contributed by atoms with Gasteiger partial charge in [0.15, 0.2) is 0 Å². The van der Waals surface area contributed by atoms with Crippen molar-refractivity contribution in [2.75, 3.05) is 19.7 Å². The van der Waals surface area contributed by atoms with Crippen molar-refractivity contribution >= 4 is 17.9 Å². The van der Waals surface area contributed by atoms with Gasteiger partial charge in [0.1, 0.15) is 5.75 Å². The predicted molar refractivity (Wildman–Crippen MR) is 122 cm³/mol. The van der Waals surface area contributed by atoms with Crippen LogP contribution in [0.4, 0.5) is 0 Å². The van der Waals surface area contributed by atoms with Crippen LogP contribution in [0.15, 0.2) is 66.7 Å². The molecule has 3 N–H and O–H groups in total. The van der Waals surface area contributed by atoms with E-state index in [0.29, 0.717) is 24.7 Å². The van der Waals surface area contributed by atoms with Crippen LogP contribution in [0.25, 0.3) is 0 Å². The number of hydrogen-bond donors (Lipinski definition) is 3. The van der Waals surface area contributed by atoms with E-state index in [9.17, 15) is 14.4 Å². The summed E-state index contributed by atoms with van der Waals surface area (Å²) in [6, 6.07) is 17.3. The van der Waals surface area contributed by atoms with E-state index in [1.54, 1.807) is 24.3 Å².